The second-order valence-electron chi connectivity index (χ2n) is 4.29. The molecule has 7 nitrogen and oxygen atoms in total. The van der Waals surface area contributed by atoms with Gasteiger partial charge >= 0.3 is 0 Å². The second-order valence-corrected chi connectivity index (χ2v) is 4.29. The number of carbonyl (C=O) groups is 1. The van der Waals surface area contributed by atoms with E-state index in [2.05, 4.69) is 20.8 Å². The van der Waals surface area contributed by atoms with E-state index in [-0.39, 0.29) is 24.4 Å². The van der Waals surface area contributed by atoms with Crippen molar-refractivity contribution in [2.24, 2.45) is 5.73 Å². The Morgan fingerprint density at radius 1 is 1.45 bits per heavy atom. The van der Waals surface area contributed by atoms with E-state index in [0.29, 0.717) is 17.8 Å². The fourth-order valence-corrected chi connectivity index (χ4v) is 1.65. The number of amides is 1. The predicted molar refractivity (Wildman–Crippen MR) is 77.0 cm³/mol. The quantitative estimate of drug-likeness (QED) is 0.839. The van der Waals surface area contributed by atoms with E-state index >= 15 is 0 Å². The van der Waals surface area contributed by atoms with Gasteiger partial charge in [-0.3, -0.25) is 4.79 Å². The summed E-state index contributed by atoms with van der Waals surface area (Å²) >= 11 is 0. The van der Waals surface area contributed by atoms with Crippen LogP contribution in [0.4, 0.5) is 0 Å². The second kappa shape index (κ2) is 7.56. The molecule has 1 unspecified atom stereocenters. The molecule has 2 rings (SSSR count). The first-order chi connectivity index (χ1) is 9.18. The highest BCUT2D eigenvalue weighted by atomic mass is 35.5. The van der Waals surface area contributed by atoms with Gasteiger partial charge in [0.15, 0.2) is 0 Å². The molecule has 0 aliphatic carbocycles. The van der Waals surface area contributed by atoms with Crippen LogP contribution in [0.1, 0.15) is 23.7 Å². The molecule has 1 aromatic carbocycles. The van der Waals surface area contributed by atoms with E-state index in [0.717, 1.165) is 6.42 Å². The molecule has 0 saturated carbocycles. The molecule has 0 spiro atoms. The highest BCUT2D eigenvalue weighted by Gasteiger charge is 2.12. The fourth-order valence-electron chi connectivity index (χ4n) is 1.65. The maximum Gasteiger partial charge on any atom is 0.253 e. The van der Waals surface area contributed by atoms with Gasteiger partial charge in [-0.2, -0.15) is 4.68 Å². The van der Waals surface area contributed by atoms with Gasteiger partial charge < -0.3 is 11.1 Å². The molecule has 0 aliphatic heterocycles. The number of benzene rings is 1. The summed E-state index contributed by atoms with van der Waals surface area (Å²) in [4.78, 5) is 12.1. The van der Waals surface area contributed by atoms with Crippen LogP contribution in [0.25, 0.3) is 5.69 Å². The van der Waals surface area contributed by atoms with Gasteiger partial charge in [-0.05, 0) is 35.9 Å². The average Bonchev–Trinajstić information content (AvgIpc) is 2.92. The Balaban J connectivity index is 0.00000200. The van der Waals surface area contributed by atoms with Crippen molar-refractivity contribution in [1.29, 1.82) is 0 Å². The van der Waals surface area contributed by atoms with Crippen molar-refractivity contribution in [3.8, 4) is 5.69 Å². The van der Waals surface area contributed by atoms with Gasteiger partial charge in [0.2, 0.25) is 0 Å². The van der Waals surface area contributed by atoms with Gasteiger partial charge in [-0.25, -0.2) is 0 Å². The van der Waals surface area contributed by atoms with Crippen LogP contribution in [0.5, 0.6) is 0 Å². The van der Waals surface area contributed by atoms with Crippen molar-refractivity contribution in [3.05, 3.63) is 36.2 Å². The van der Waals surface area contributed by atoms with E-state index in [1.807, 2.05) is 13.0 Å². The molecule has 1 amide bonds. The summed E-state index contributed by atoms with van der Waals surface area (Å²) in [5.41, 5.74) is 6.81. The number of hydrogen-bond donors (Lipinski definition) is 2. The number of nitrogens with zero attached hydrogens (tertiary/aromatic N) is 4. The van der Waals surface area contributed by atoms with E-state index in [1.54, 1.807) is 18.2 Å². The summed E-state index contributed by atoms with van der Waals surface area (Å²) in [6.45, 7) is 2.45. The molecule has 20 heavy (non-hydrogen) atoms. The van der Waals surface area contributed by atoms with Crippen molar-refractivity contribution in [3.63, 3.8) is 0 Å². The van der Waals surface area contributed by atoms with Crippen LogP contribution in [-0.4, -0.2) is 38.7 Å². The molecular weight excluding hydrogens is 280 g/mol. The fraction of sp³-hybridized carbons (Fsp3) is 0.333. The van der Waals surface area contributed by atoms with Crippen LogP contribution in [0.2, 0.25) is 0 Å². The lowest BCUT2D eigenvalue weighted by Crippen LogP contribution is -2.29. The van der Waals surface area contributed by atoms with E-state index < -0.39 is 0 Å². The standard InChI is InChI=1S/C12H16N6O.ClH/c1-9(13)6-7-14-12(19)10-4-2-3-5-11(10)18-8-15-16-17-18;/h2-5,8-9H,6-7,13H2,1H3,(H,14,19);1H. The molecule has 108 valence electrons. The summed E-state index contributed by atoms with van der Waals surface area (Å²) in [6, 6.07) is 7.22. The Kier molecular flexibility index (Phi) is 6.08. The minimum absolute atomic E-state index is 0. The molecular formula is C12H17ClN6O. The molecule has 0 radical (unpaired) electrons. The molecule has 3 N–H and O–H groups in total. The minimum atomic E-state index is -0.160. The molecule has 1 aromatic heterocycles. The first kappa shape index (κ1) is 16.1. The summed E-state index contributed by atoms with van der Waals surface area (Å²) in [6.07, 6.45) is 2.19. The predicted octanol–water partition coefficient (Wildman–Crippen LogP) is 0.551. The van der Waals surface area contributed by atoms with E-state index in [9.17, 15) is 4.79 Å². The third-order valence-electron chi connectivity index (χ3n) is 2.63. The van der Waals surface area contributed by atoms with Crippen LogP contribution < -0.4 is 11.1 Å². The zero-order valence-corrected chi connectivity index (χ0v) is 11.9. The first-order valence-corrected chi connectivity index (χ1v) is 6.04. The minimum Gasteiger partial charge on any atom is -0.352 e. The monoisotopic (exact) mass is 296 g/mol. The van der Waals surface area contributed by atoms with Gasteiger partial charge in [-0.15, -0.1) is 17.5 Å². The van der Waals surface area contributed by atoms with Crippen LogP contribution >= 0.6 is 12.4 Å². The van der Waals surface area contributed by atoms with Crippen molar-refractivity contribution in [2.75, 3.05) is 6.54 Å². The molecule has 2 aromatic rings. The van der Waals surface area contributed by atoms with Gasteiger partial charge in [-0.1, -0.05) is 12.1 Å². The highest BCUT2D eigenvalue weighted by Crippen LogP contribution is 2.12. The zero-order valence-electron chi connectivity index (χ0n) is 11.1. The van der Waals surface area contributed by atoms with Crippen molar-refractivity contribution in [2.45, 2.75) is 19.4 Å². The number of rotatable bonds is 5. The summed E-state index contributed by atoms with van der Waals surface area (Å²) in [7, 11) is 0. The lowest BCUT2D eigenvalue weighted by atomic mass is 10.1. The summed E-state index contributed by atoms with van der Waals surface area (Å²) in [5, 5.41) is 13.8. The number of hydrogen-bond acceptors (Lipinski definition) is 5. The number of nitrogens with one attached hydrogen (secondary N) is 1. The first-order valence-electron chi connectivity index (χ1n) is 6.04. The Morgan fingerprint density at radius 2 is 2.20 bits per heavy atom. The number of aromatic nitrogens is 4. The molecule has 1 heterocycles. The normalized spacial score (nSPS) is 11.5. The van der Waals surface area contributed by atoms with Gasteiger partial charge in [0, 0.05) is 12.6 Å². The summed E-state index contributed by atoms with van der Waals surface area (Å²) in [5.74, 6) is -0.160. The molecule has 1 atom stereocenters. The van der Waals surface area contributed by atoms with E-state index in [1.165, 1.54) is 11.0 Å². The topological polar surface area (TPSA) is 98.7 Å². The third kappa shape index (κ3) is 4.01. The Hall–Kier alpha value is -1.99. The van der Waals surface area contributed by atoms with Crippen LogP contribution in [0.15, 0.2) is 30.6 Å². The zero-order chi connectivity index (χ0) is 13.7. The number of halogens is 1. The maximum absolute atomic E-state index is 12.1. The number of para-hydroxylation sites is 1. The molecule has 0 saturated heterocycles. The third-order valence-corrected chi connectivity index (χ3v) is 2.63. The Bertz CT molecular complexity index is 543. The van der Waals surface area contributed by atoms with E-state index in [4.69, 9.17) is 5.73 Å². The van der Waals surface area contributed by atoms with Gasteiger partial charge in [0.25, 0.3) is 5.91 Å². The van der Waals surface area contributed by atoms with Crippen LogP contribution in [0.3, 0.4) is 0 Å². The summed E-state index contributed by atoms with van der Waals surface area (Å²) < 4.78 is 1.46. The average molecular weight is 297 g/mol. The molecule has 0 fully saturated rings. The van der Waals surface area contributed by atoms with Crippen molar-refractivity contribution >= 4 is 18.3 Å². The van der Waals surface area contributed by atoms with Crippen LogP contribution in [-0.2, 0) is 0 Å². The van der Waals surface area contributed by atoms with Crippen molar-refractivity contribution < 1.29 is 4.79 Å². The van der Waals surface area contributed by atoms with Gasteiger partial charge in [0.05, 0.1) is 11.3 Å². The highest BCUT2D eigenvalue weighted by molar-refractivity contribution is 5.97. The molecule has 0 bridgehead atoms. The number of carbonyl (C=O) groups excluding carboxylic acids is 1. The van der Waals surface area contributed by atoms with Gasteiger partial charge in [0.1, 0.15) is 6.33 Å². The van der Waals surface area contributed by atoms with Crippen LogP contribution in [0, 0.1) is 0 Å². The van der Waals surface area contributed by atoms with Crippen molar-refractivity contribution in [1.82, 2.24) is 25.5 Å². The largest absolute Gasteiger partial charge is 0.352 e. The lowest BCUT2D eigenvalue weighted by Gasteiger charge is -2.10. The lowest BCUT2D eigenvalue weighted by molar-refractivity contribution is 0.0952. The maximum atomic E-state index is 12.1. The Morgan fingerprint density at radius 3 is 2.85 bits per heavy atom. The smallest absolute Gasteiger partial charge is 0.253 e. The SMILES string of the molecule is CC(N)CCNC(=O)c1ccccc1-n1cnnn1.Cl. The number of nitrogens with two attached hydrogens (primary N) is 1. The number of tetrazole rings is 1. The molecule has 0 aliphatic rings. The molecule has 8 heteroatoms. The Labute approximate surface area is 123 Å².